The predicted octanol–water partition coefficient (Wildman–Crippen LogP) is 20.2. The molecule has 25 heteroatoms. The second-order valence-electron chi connectivity index (χ2n) is 36.7. The van der Waals surface area contributed by atoms with Crippen molar-refractivity contribution in [1.82, 2.24) is 82.3 Å². The Kier molecular flexibility index (Phi) is 22.2. The first-order chi connectivity index (χ1) is 65.5. The van der Waals surface area contributed by atoms with Gasteiger partial charge in [-0.15, -0.1) is 0 Å². The summed E-state index contributed by atoms with van der Waals surface area (Å²) in [6.07, 6.45) is 23.0. The number of rotatable bonds is 16. The van der Waals surface area contributed by atoms with Gasteiger partial charge in [0.15, 0.2) is 5.82 Å². The summed E-state index contributed by atoms with van der Waals surface area (Å²) in [5, 5.41) is 32.8. The van der Waals surface area contributed by atoms with Gasteiger partial charge in [-0.1, -0.05) is 170 Å². The number of imidazole rings is 4. The molecule has 12 aromatic heterocycles. The maximum absolute atomic E-state index is 15.9. The summed E-state index contributed by atoms with van der Waals surface area (Å²) >= 11 is 0. The number of halogens is 1. The first kappa shape index (κ1) is 84.4. The number of nitrogens with zero attached hydrogens (tertiary/aromatic N) is 17. The van der Waals surface area contributed by atoms with E-state index in [4.69, 9.17) is 57.8 Å². The molecule has 0 spiro atoms. The van der Waals surface area contributed by atoms with Crippen molar-refractivity contribution in [3.05, 3.63) is 314 Å². The quantitative estimate of drug-likeness (QED) is 0.0472. The van der Waals surface area contributed by atoms with Crippen molar-refractivity contribution in [1.29, 1.82) is 0 Å². The molecule has 0 radical (unpaired) electrons. The number of aliphatic hydroxyl groups is 3. The summed E-state index contributed by atoms with van der Waals surface area (Å²) in [6, 6.07) is 73.3. The Bertz CT molecular complexity index is 7880. The summed E-state index contributed by atoms with van der Waals surface area (Å²) < 4.78 is 24.1. The zero-order chi connectivity index (χ0) is 91.1. The highest BCUT2D eigenvalue weighted by Gasteiger charge is 2.39. The standard InChI is InChI=1S/C30H30N6.C27H25N5O.C26H22FN5O.C26H23N5O/c1-19-14-25(21-6-3-2-4-7-21)33-26-17-22(8-9-24(19)26)27-28-29(31)32-10-13-36(28)30(34-27)23-15-20(16-23)18-35-11-5-12-35;1-16-11-22(18-5-3-2-4-6-18)30-23-14-19(7-8-21(16)23)24-25-26(28)29-9-10-32(25)27(31-24)20-12-17(13-20)15-33;27-21-19(8-6-17-7-9-20(30-22(17)21)16-4-2-1-3-5-16)23-24-25(28)29-10-11-32(24)26(31-23)18-12-15(13-18)14-33;1-15-11-21(16-5-3-2-4-6-16)29-22-14-17(7-8-20(15)22)23-24-25(27)28-9-10-31(24)26(30-23)18-12-19(32)13-18/h2-4,6-10,13-14,17,20,23H,5,11-12,15-16,18H2,1H3,(H2,31,32);2-11,14,17,20,33H,12-13,15H2,1H3,(H2,28,29);1-11,15,18,33H,12-14H2,(H2,28,29);2-11,14,18-19,32H,12-13H2,1H3,(H2,27,28). The maximum atomic E-state index is 15.9. The zero-order valence-corrected chi connectivity index (χ0v) is 74.6. The van der Waals surface area contributed by atoms with Gasteiger partial charge in [0.2, 0.25) is 0 Å². The fraction of sp³-hybridized carbons (Fsp3) is 0.229. The van der Waals surface area contributed by atoms with Crippen LogP contribution in [0.5, 0.6) is 0 Å². The molecular formula is C109H100FN21O3. The molecule has 11 N–H and O–H groups in total. The number of aromatic nitrogens is 16. The average Bonchev–Trinajstić information content (AvgIpc) is 1.60. The molecule has 5 fully saturated rings. The number of aryl methyl sites for hydroxylation is 3. The minimum atomic E-state index is -0.429. The first-order valence-electron chi connectivity index (χ1n) is 46.2. The number of benzene rings is 8. The zero-order valence-electron chi connectivity index (χ0n) is 74.6. The highest BCUT2D eigenvalue weighted by atomic mass is 19.1. The van der Waals surface area contributed by atoms with Crippen LogP contribution in [0.15, 0.2) is 268 Å². The SMILES string of the molecule is Cc1cc(-c2ccccc2)nc2cc(-c3nc(C4CC(CN5CCC5)C4)n4ccnc(N)c34)ccc12.Cc1cc(-c2ccccc2)nc2cc(-c3nc(C4CC(CO)C4)n4ccnc(N)c34)ccc12.Cc1cc(-c2ccccc2)nc2cc(-c3nc(C4CC(O)C4)n4ccnc(N)c34)ccc12.Nc1nccn2c(C3CC(CO)C3)nc(-c3ccc4ccc(-c5ccccc5)nc4c3F)c12. The summed E-state index contributed by atoms with van der Waals surface area (Å²) in [5.74, 6) is 7.75. The van der Waals surface area contributed by atoms with E-state index >= 15 is 4.39 Å². The molecule has 1 aliphatic heterocycles. The largest absolute Gasteiger partial charge is 0.396 e. The van der Waals surface area contributed by atoms with Crippen LogP contribution in [0.3, 0.4) is 0 Å². The van der Waals surface area contributed by atoms with Gasteiger partial charge in [-0.2, -0.15) is 0 Å². The van der Waals surface area contributed by atoms with Crippen molar-refractivity contribution in [2.75, 3.05) is 55.8 Å². The third kappa shape index (κ3) is 15.7. The van der Waals surface area contributed by atoms with E-state index in [2.05, 4.69) is 181 Å². The van der Waals surface area contributed by atoms with E-state index in [0.717, 1.165) is 195 Å². The summed E-state index contributed by atoms with van der Waals surface area (Å²) in [7, 11) is 0. The Morgan fingerprint density at radius 1 is 0.343 bits per heavy atom. The van der Waals surface area contributed by atoms with Crippen LogP contribution in [0.25, 0.3) is 156 Å². The lowest BCUT2D eigenvalue weighted by atomic mass is 9.74. The molecule has 13 heterocycles. The van der Waals surface area contributed by atoms with Crippen LogP contribution in [0.4, 0.5) is 27.7 Å². The van der Waals surface area contributed by atoms with Gasteiger partial charge in [-0.25, -0.2) is 64.2 Å². The summed E-state index contributed by atoms with van der Waals surface area (Å²) in [4.78, 5) is 59.6. The third-order valence-electron chi connectivity index (χ3n) is 27.9. The van der Waals surface area contributed by atoms with Gasteiger partial charge in [-0.3, -0.25) is 17.6 Å². The van der Waals surface area contributed by atoms with Gasteiger partial charge in [0, 0.05) is 159 Å². The Morgan fingerprint density at radius 2 is 0.672 bits per heavy atom. The highest BCUT2D eigenvalue weighted by molar-refractivity contribution is 5.98. The second-order valence-corrected chi connectivity index (χ2v) is 36.7. The van der Waals surface area contributed by atoms with Crippen molar-refractivity contribution in [2.45, 2.75) is 108 Å². The van der Waals surface area contributed by atoms with Crippen LogP contribution < -0.4 is 22.9 Å². The molecule has 4 saturated carbocycles. The Labute approximate surface area is 772 Å². The number of nitrogens with two attached hydrogens (primary N) is 4. The van der Waals surface area contributed by atoms with Gasteiger partial charge in [0.25, 0.3) is 0 Å². The molecule has 20 aromatic rings. The van der Waals surface area contributed by atoms with E-state index in [9.17, 15) is 15.3 Å². The van der Waals surface area contributed by atoms with Crippen LogP contribution >= 0.6 is 0 Å². The molecule has 0 bridgehead atoms. The molecule has 5 aliphatic rings. The third-order valence-corrected chi connectivity index (χ3v) is 27.9. The van der Waals surface area contributed by atoms with Gasteiger partial charge < -0.3 is 43.2 Å². The molecule has 8 aromatic carbocycles. The summed E-state index contributed by atoms with van der Waals surface area (Å²) in [5.41, 5.74) is 49.2. The summed E-state index contributed by atoms with van der Waals surface area (Å²) in [6.45, 7) is 10.6. The second kappa shape index (κ2) is 35.2. The van der Waals surface area contributed by atoms with E-state index in [1.165, 1.54) is 55.6 Å². The van der Waals surface area contributed by atoms with Crippen molar-refractivity contribution in [2.24, 2.45) is 17.8 Å². The number of anilines is 4. The fourth-order valence-electron chi connectivity index (χ4n) is 20.3. The molecule has 134 heavy (non-hydrogen) atoms. The molecule has 4 aliphatic carbocycles. The smallest absolute Gasteiger partial charge is 0.158 e. The van der Waals surface area contributed by atoms with E-state index in [-0.39, 0.29) is 37.1 Å². The van der Waals surface area contributed by atoms with Crippen molar-refractivity contribution < 1.29 is 19.7 Å². The molecule has 1 saturated heterocycles. The number of likely N-dealkylation sites (tertiary alicyclic amines) is 1. The minimum Gasteiger partial charge on any atom is -0.396 e. The van der Waals surface area contributed by atoms with E-state index in [1.807, 2.05) is 125 Å². The monoisotopic (exact) mass is 1770 g/mol. The maximum Gasteiger partial charge on any atom is 0.158 e. The lowest BCUT2D eigenvalue weighted by molar-refractivity contribution is 0.0715. The normalized spacial score (nSPS) is 18.6. The van der Waals surface area contributed by atoms with Crippen LogP contribution in [0.1, 0.15) is 121 Å². The number of fused-ring (bicyclic) bond motifs is 8. The molecular weight excluding hydrogens is 1670 g/mol. The van der Waals surface area contributed by atoms with Crippen molar-refractivity contribution >= 4 is 88.9 Å². The Balaban J connectivity index is 0.000000104. The lowest BCUT2D eigenvalue weighted by Crippen LogP contribution is -2.43. The predicted molar refractivity (Wildman–Crippen MR) is 528 cm³/mol. The van der Waals surface area contributed by atoms with Crippen LogP contribution in [0.2, 0.25) is 0 Å². The minimum absolute atomic E-state index is 0.172. The topological polar surface area (TPSA) is 340 Å². The van der Waals surface area contributed by atoms with E-state index in [1.54, 1.807) is 30.9 Å². The number of hydrogen-bond acceptors (Lipinski definition) is 20. The van der Waals surface area contributed by atoms with Gasteiger partial charge in [-0.05, 0) is 175 Å². The van der Waals surface area contributed by atoms with E-state index < -0.39 is 5.82 Å². The van der Waals surface area contributed by atoms with Gasteiger partial charge >= 0.3 is 0 Å². The number of aliphatic hydroxyl groups excluding tert-OH is 3. The van der Waals surface area contributed by atoms with Crippen LogP contribution in [0, 0.1) is 44.3 Å². The average molecular weight is 1770 g/mol. The molecule has 666 valence electrons. The number of nitrogen functional groups attached to an aromatic ring is 4. The number of hydrogen-bond donors (Lipinski definition) is 7. The molecule has 0 amide bonds. The molecule has 24 nitrogen and oxygen atoms in total. The molecule has 25 rings (SSSR count). The van der Waals surface area contributed by atoms with Crippen LogP contribution in [-0.4, -0.2) is 137 Å². The molecule has 0 atom stereocenters. The van der Waals surface area contributed by atoms with Gasteiger partial charge in [0.05, 0.1) is 45.4 Å². The van der Waals surface area contributed by atoms with Crippen molar-refractivity contribution in [3.8, 4) is 90.1 Å². The first-order valence-corrected chi connectivity index (χ1v) is 46.2. The lowest BCUT2D eigenvalue weighted by Gasteiger charge is -2.41. The Hall–Kier alpha value is -15.2. The Morgan fingerprint density at radius 3 is 1.01 bits per heavy atom. The van der Waals surface area contributed by atoms with Crippen LogP contribution in [-0.2, 0) is 0 Å². The van der Waals surface area contributed by atoms with E-state index in [0.29, 0.717) is 69.0 Å². The van der Waals surface area contributed by atoms with Gasteiger partial charge in [0.1, 0.15) is 96.9 Å². The van der Waals surface area contributed by atoms with Crippen molar-refractivity contribution in [3.63, 3.8) is 0 Å². The number of pyridine rings is 4. The highest BCUT2D eigenvalue weighted by Crippen LogP contribution is 2.49. The fourth-order valence-corrected chi connectivity index (χ4v) is 20.3. The molecule has 0 unspecified atom stereocenters.